The van der Waals surface area contributed by atoms with E-state index >= 15 is 0 Å². The Hall–Kier alpha value is -3.81. The van der Waals surface area contributed by atoms with Gasteiger partial charge in [-0.25, -0.2) is 18.3 Å². The number of halogens is 2. The van der Waals surface area contributed by atoms with Gasteiger partial charge >= 0.3 is 0 Å². The van der Waals surface area contributed by atoms with Crippen LogP contribution in [-0.4, -0.2) is 33.6 Å². The van der Waals surface area contributed by atoms with E-state index < -0.39 is 11.6 Å². The number of carbonyl (C=O) groups excluding carboxylic acids is 1. The average Bonchev–Trinajstić information content (AvgIpc) is 3.46. The maximum Gasteiger partial charge on any atom is 0.260 e. The number of nitrogens with one attached hydrogen (secondary N) is 1. The van der Waals surface area contributed by atoms with Crippen molar-refractivity contribution in [2.45, 2.75) is 12.8 Å². The predicted molar refractivity (Wildman–Crippen MR) is 115 cm³/mol. The molecule has 0 spiro atoms. The molecule has 31 heavy (non-hydrogen) atoms. The fraction of sp³-hybridized carbons (Fsp3) is 0.174. The minimum atomic E-state index is -0.411. The van der Waals surface area contributed by atoms with Gasteiger partial charge < -0.3 is 10.2 Å². The molecule has 0 bridgehead atoms. The molecule has 0 saturated carbocycles. The highest BCUT2D eigenvalue weighted by Gasteiger charge is 2.17. The number of benzene rings is 1. The van der Waals surface area contributed by atoms with Gasteiger partial charge in [-0.3, -0.25) is 4.79 Å². The van der Waals surface area contributed by atoms with Crippen LogP contribution in [0.25, 0.3) is 5.52 Å². The third-order valence-corrected chi connectivity index (χ3v) is 4.93. The fourth-order valence-corrected chi connectivity index (χ4v) is 3.37. The molecule has 8 heteroatoms. The summed E-state index contributed by atoms with van der Waals surface area (Å²) in [5.74, 6) is -0.484. The van der Waals surface area contributed by atoms with Gasteiger partial charge in [-0.05, 0) is 61.4 Å². The van der Waals surface area contributed by atoms with Crippen LogP contribution in [0.2, 0.25) is 0 Å². The van der Waals surface area contributed by atoms with E-state index in [4.69, 9.17) is 0 Å². The van der Waals surface area contributed by atoms with Crippen LogP contribution in [0.4, 0.5) is 20.3 Å². The van der Waals surface area contributed by atoms with Crippen LogP contribution < -0.4 is 10.2 Å². The standard InChI is InChI=1S/C17H17N5O.C6H4F2/c23-17(20-16-5-1-2-7-18-16)14-12-19-22-10-6-13(11-15(14)22)21-8-3-4-9-21;7-5-1-2-6(8)4-3-5/h1-2,5-7,10-12H,3-4,8-9H2,(H,18,20,23);1-4H. The largest absolute Gasteiger partial charge is 0.371 e. The van der Waals surface area contributed by atoms with E-state index in [0.717, 1.165) is 48.6 Å². The molecule has 1 saturated heterocycles. The molecule has 0 radical (unpaired) electrons. The Balaban J connectivity index is 0.000000245. The zero-order valence-corrected chi connectivity index (χ0v) is 16.7. The van der Waals surface area contributed by atoms with Gasteiger partial charge in [0.15, 0.2) is 0 Å². The second-order valence-corrected chi connectivity index (χ2v) is 7.07. The fourth-order valence-electron chi connectivity index (χ4n) is 3.37. The number of fused-ring (bicyclic) bond motifs is 1. The molecule has 5 rings (SSSR count). The van der Waals surface area contributed by atoms with Crippen LogP contribution in [0.3, 0.4) is 0 Å². The molecule has 1 aromatic carbocycles. The van der Waals surface area contributed by atoms with E-state index in [9.17, 15) is 13.6 Å². The molecule has 1 N–H and O–H groups in total. The lowest BCUT2D eigenvalue weighted by Crippen LogP contribution is -2.18. The van der Waals surface area contributed by atoms with Crippen molar-refractivity contribution in [2.75, 3.05) is 23.3 Å². The first-order chi connectivity index (χ1) is 15.1. The van der Waals surface area contributed by atoms with Gasteiger partial charge in [0.2, 0.25) is 0 Å². The quantitative estimate of drug-likeness (QED) is 0.527. The third kappa shape index (κ3) is 5.03. The normalized spacial score (nSPS) is 13.0. The first-order valence-corrected chi connectivity index (χ1v) is 9.96. The molecule has 1 fully saturated rings. The molecular weight excluding hydrogens is 400 g/mol. The Kier molecular flexibility index (Phi) is 6.16. The van der Waals surface area contributed by atoms with Gasteiger partial charge in [0.1, 0.15) is 17.5 Å². The highest BCUT2D eigenvalue weighted by Crippen LogP contribution is 2.23. The van der Waals surface area contributed by atoms with Crippen molar-refractivity contribution in [3.8, 4) is 0 Å². The maximum absolute atomic E-state index is 12.5. The molecule has 158 valence electrons. The van der Waals surface area contributed by atoms with Gasteiger partial charge in [0, 0.05) is 31.2 Å². The summed E-state index contributed by atoms with van der Waals surface area (Å²) in [5, 5.41) is 7.07. The lowest BCUT2D eigenvalue weighted by molar-refractivity contribution is 0.102. The van der Waals surface area contributed by atoms with Crippen LogP contribution in [-0.2, 0) is 0 Å². The molecule has 1 amide bonds. The van der Waals surface area contributed by atoms with E-state index in [0.29, 0.717) is 11.4 Å². The lowest BCUT2D eigenvalue weighted by Gasteiger charge is -2.17. The van der Waals surface area contributed by atoms with Crippen molar-refractivity contribution in [3.63, 3.8) is 0 Å². The first kappa shape index (κ1) is 20.5. The van der Waals surface area contributed by atoms with Crippen molar-refractivity contribution in [3.05, 3.63) is 90.4 Å². The Bertz CT molecular complexity index is 1130. The zero-order valence-electron chi connectivity index (χ0n) is 16.7. The van der Waals surface area contributed by atoms with Crippen LogP contribution in [0.5, 0.6) is 0 Å². The molecule has 0 atom stereocenters. The zero-order chi connectivity index (χ0) is 21.6. The Labute approximate surface area is 178 Å². The van der Waals surface area contributed by atoms with Crippen molar-refractivity contribution >= 4 is 22.9 Å². The van der Waals surface area contributed by atoms with E-state index in [1.165, 1.54) is 12.8 Å². The molecule has 0 aliphatic carbocycles. The molecular formula is C23H21F2N5O. The smallest absolute Gasteiger partial charge is 0.260 e. The maximum atomic E-state index is 12.5. The van der Waals surface area contributed by atoms with Crippen LogP contribution in [0.1, 0.15) is 23.2 Å². The second-order valence-electron chi connectivity index (χ2n) is 7.07. The summed E-state index contributed by atoms with van der Waals surface area (Å²) in [4.78, 5) is 19.0. The van der Waals surface area contributed by atoms with Gasteiger partial charge in [-0.1, -0.05) is 6.07 Å². The van der Waals surface area contributed by atoms with Crippen LogP contribution in [0, 0.1) is 11.6 Å². The number of hydrogen-bond donors (Lipinski definition) is 1. The number of anilines is 2. The van der Waals surface area contributed by atoms with Crippen molar-refractivity contribution < 1.29 is 13.6 Å². The summed E-state index contributed by atoms with van der Waals surface area (Å²) < 4.78 is 25.6. The number of rotatable bonds is 3. The first-order valence-electron chi connectivity index (χ1n) is 9.96. The summed E-state index contributed by atoms with van der Waals surface area (Å²) >= 11 is 0. The molecule has 1 aliphatic rings. The van der Waals surface area contributed by atoms with Gasteiger partial charge in [0.05, 0.1) is 17.3 Å². The van der Waals surface area contributed by atoms with Crippen molar-refractivity contribution in [1.82, 2.24) is 14.6 Å². The number of carbonyl (C=O) groups is 1. The molecule has 4 heterocycles. The van der Waals surface area contributed by atoms with Gasteiger partial charge in [-0.15, -0.1) is 0 Å². The molecule has 3 aromatic heterocycles. The van der Waals surface area contributed by atoms with Gasteiger partial charge in [-0.2, -0.15) is 5.10 Å². The third-order valence-electron chi connectivity index (χ3n) is 4.93. The predicted octanol–water partition coefficient (Wildman–Crippen LogP) is 4.55. The summed E-state index contributed by atoms with van der Waals surface area (Å²) in [6.45, 7) is 2.14. The molecule has 1 aliphatic heterocycles. The molecule has 4 aromatic rings. The van der Waals surface area contributed by atoms with E-state index in [1.807, 2.05) is 30.5 Å². The Morgan fingerprint density at radius 3 is 2.32 bits per heavy atom. The summed E-state index contributed by atoms with van der Waals surface area (Å²) in [6.07, 6.45) is 7.59. The lowest BCUT2D eigenvalue weighted by atomic mass is 10.2. The summed E-state index contributed by atoms with van der Waals surface area (Å²) in [5.41, 5.74) is 2.50. The van der Waals surface area contributed by atoms with E-state index in [2.05, 4.69) is 20.3 Å². The highest BCUT2D eigenvalue weighted by atomic mass is 19.1. The van der Waals surface area contributed by atoms with Crippen LogP contribution >= 0.6 is 0 Å². The average molecular weight is 421 g/mol. The number of amides is 1. The Morgan fingerprint density at radius 1 is 0.968 bits per heavy atom. The topological polar surface area (TPSA) is 62.5 Å². The molecule has 0 unspecified atom stereocenters. The van der Waals surface area contributed by atoms with Gasteiger partial charge in [0.25, 0.3) is 5.91 Å². The van der Waals surface area contributed by atoms with E-state index in [1.54, 1.807) is 23.0 Å². The number of aromatic nitrogens is 3. The minimum Gasteiger partial charge on any atom is -0.371 e. The minimum absolute atomic E-state index is 0.197. The summed E-state index contributed by atoms with van der Waals surface area (Å²) in [7, 11) is 0. The number of nitrogens with zero attached hydrogens (tertiary/aromatic N) is 4. The monoisotopic (exact) mass is 421 g/mol. The van der Waals surface area contributed by atoms with E-state index in [-0.39, 0.29) is 5.91 Å². The van der Waals surface area contributed by atoms with Crippen molar-refractivity contribution in [1.29, 1.82) is 0 Å². The molecule has 6 nitrogen and oxygen atoms in total. The number of pyridine rings is 2. The van der Waals surface area contributed by atoms with Crippen LogP contribution in [0.15, 0.2) is 73.2 Å². The SMILES string of the molecule is Fc1ccc(F)cc1.O=C(Nc1ccccn1)c1cnn2ccc(N3CCCC3)cc12. The second kappa shape index (κ2) is 9.34. The number of hydrogen-bond acceptors (Lipinski definition) is 4. The highest BCUT2D eigenvalue weighted by molar-refractivity contribution is 6.08. The Morgan fingerprint density at radius 2 is 1.68 bits per heavy atom. The van der Waals surface area contributed by atoms with Crippen molar-refractivity contribution in [2.24, 2.45) is 0 Å². The summed E-state index contributed by atoms with van der Waals surface area (Å²) in [6, 6.07) is 13.8.